The average molecular weight is 481 g/mol. The summed E-state index contributed by atoms with van der Waals surface area (Å²) in [5.74, 6) is 1.57. The van der Waals surface area contributed by atoms with Crippen LogP contribution in [-0.2, 0) is 0 Å². The number of aromatic nitrogens is 2. The van der Waals surface area contributed by atoms with Gasteiger partial charge in [0.2, 0.25) is 0 Å². The number of hydrogen-bond donors (Lipinski definition) is 0. The van der Waals surface area contributed by atoms with Crippen molar-refractivity contribution in [3.05, 3.63) is 105 Å². The van der Waals surface area contributed by atoms with Crippen molar-refractivity contribution < 1.29 is 0 Å². The molecule has 2 aliphatic carbocycles. The van der Waals surface area contributed by atoms with Gasteiger partial charge in [0.1, 0.15) is 68.6 Å². The molecule has 1 heterocycles. The third-order valence-electron chi connectivity index (χ3n) is 9.88. The van der Waals surface area contributed by atoms with E-state index in [1.54, 1.807) is 0 Å². The van der Waals surface area contributed by atoms with E-state index in [4.69, 9.17) is 4.98 Å². The highest BCUT2D eigenvalue weighted by molar-refractivity contribution is 6.63. The van der Waals surface area contributed by atoms with Crippen molar-refractivity contribution >= 4 is 101 Å². The van der Waals surface area contributed by atoms with Gasteiger partial charge in [-0.05, 0) is 41.3 Å². The summed E-state index contributed by atoms with van der Waals surface area (Å²) >= 11 is 0. The lowest BCUT2D eigenvalue weighted by molar-refractivity contribution is 0.631. The zero-order valence-corrected chi connectivity index (χ0v) is 24.2. The molecule has 2 unspecified atom stereocenters. The van der Waals surface area contributed by atoms with E-state index in [2.05, 4.69) is 129 Å². The monoisotopic (exact) mass is 482 g/mol. The predicted octanol–water partition coefficient (Wildman–Crippen LogP) is -4.63. The molecule has 3 aromatic carbocycles. The van der Waals surface area contributed by atoms with Crippen LogP contribution in [0.3, 0.4) is 0 Å². The molecule has 2 aliphatic rings. The van der Waals surface area contributed by atoms with E-state index in [-0.39, 0.29) is 11.8 Å². The quantitative estimate of drug-likeness (QED) is 0.264. The van der Waals surface area contributed by atoms with Gasteiger partial charge in [-0.3, -0.25) is 4.57 Å². The fourth-order valence-electron chi connectivity index (χ4n) is 7.22. The summed E-state index contributed by atoms with van der Waals surface area (Å²) in [6.07, 6.45) is 0. The van der Waals surface area contributed by atoms with Gasteiger partial charge < -0.3 is 0 Å². The molecular weight excluding hydrogens is 451 g/mol. The molecule has 1 aromatic heterocycles. The number of imidazole rings is 1. The number of benzene rings is 3. The van der Waals surface area contributed by atoms with Crippen LogP contribution in [0.15, 0.2) is 82.1 Å². The maximum absolute atomic E-state index is 5.05. The summed E-state index contributed by atoms with van der Waals surface area (Å²) < 4.78 is 2.46. The minimum atomic E-state index is 0.260. The average Bonchev–Trinajstić information content (AvgIpc) is 3.26. The van der Waals surface area contributed by atoms with Crippen LogP contribution in [0.4, 0.5) is 0 Å². The van der Waals surface area contributed by atoms with Crippen LogP contribution < -0.4 is 21.9 Å². The van der Waals surface area contributed by atoms with E-state index in [9.17, 15) is 0 Å². The van der Waals surface area contributed by atoms with Gasteiger partial charge in [0.15, 0.2) is 0 Å². The van der Waals surface area contributed by atoms with Crippen molar-refractivity contribution in [2.45, 2.75) is 12.8 Å². The van der Waals surface area contributed by atoms with Gasteiger partial charge >= 0.3 is 0 Å². The molecule has 10 heteroatoms. The number of hydrogen-bond acceptors (Lipinski definition) is 1. The maximum atomic E-state index is 5.05. The first kappa shape index (κ1) is 25.2. The van der Waals surface area contributed by atoms with Crippen molar-refractivity contribution in [3.8, 4) is 0 Å². The molecule has 4 aromatic rings. The van der Waals surface area contributed by atoms with Gasteiger partial charge in [-0.1, -0.05) is 58.9 Å². The van der Waals surface area contributed by atoms with Crippen LogP contribution in [0.25, 0.3) is 16.7 Å². The molecule has 6 rings (SSSR count). The largest absolute Gasteiger partial charge is 0.296 e. The molecule has 176 valence electrons. The molecule has 2 atom stereocenters. The maximum Gasteiger partial charge on any atom is 0.139 e. The first-order valence-corrected chi connectivity index (χ1v) is 13.8. The molecule has 0 spiro atoms. The lowest BCUT2D eigenvalue weighted by atomic mass is 9.48. The molecule has 0 N–H and O–H groups in total. The molecule has 0 amide bonds. The number of allylic oxidation sites excluding steroid dienone is 5. The van der Waals surface area contributed by atoms with Gasteiger partial charge in [0.25, 0.3) is 0 Å². The van der Waals surface area contributed by atoms with Gasteiger partial charge in [-0.15, -0.1) is 27.3 Å². The normalized spacial score (nSPS) is 19.2. The highest BCUT2D eigenvalue weighted by Crippen LogP contribution is 2.52. The topological polar surface area (TPSA) is 17.8 Å². The molecule has 0 aliphatic heterocycles. The summed E-state index contributed by atoms with van der Waals surface area (Å²) in [5, 5.41) is 0. The second-order valence-corrected chi connectivity index (χ2v) is 11.5. The van der Waals surface area contributed by atoms with Gasteiger partial charge in [0, 0.05) is 11.8 Å². The van der Waals surface area contributed by atoms with E-state index in [0.29, 0.717) is 0 Å². The molecule has 0 bridgehead atoms. The Morgan fingerprint density at radius 1 is 0.658 bits per heavy atom. The molecule has 0 saturated heterocycles. The lowest BCUT2D eigenvalue weighted by Crippen LogP contribution is -2.53. The van der Waals surface area contributed by atoms with Crippen LogP contribution in [0.2, 0.25) is 0 Å². The Bertz CT molecular complexity index is 1760. The highest BCUT2D eigenvalue weighted by atomic mass is 15.1. The van der Waals surface area contributed by atoms with E-state index in [0.717, 1.165) is 11.3 Å². The molecular formula is C28H30B8N2. The van der Waals surface area contributed by atoms with E-state index < -0.39 is 0 Å². The second kappa shape index (κ2) is 8.97. The standard InChI is InChI=1S/C28H30B8N2/c1-11-37-13-9-5-6-10-14(13)38(11)28-18-16(20(29)24(33)26(35)22(18)31)15(12-7-3-2-4-8-12)17-19(28)23(32)27(36)25(34)21(17)30/h2-10,15-16H,29-36H2,1H3. The van der Waals surface area contributed by atoms with Crippen LogP contribution in [-0.4, -0.2) is 72.3 Å². The Kier molecular flexibility index (Phi) is 5.94. The Morgan fingerprint density at radius 2 is 1.29 bits per heavy atom. The molecule has 38 heavy (non-hydrogen) atoms. The molecule has 2 nitrogen and oxygen atoms in total. The number of aryl methyl sites for hydroxylation is 1. The first-order chi connectivity index (χ1) is 18.1. The molecule has 0 radical (unpaired) electrons. The minimum absolute atomic E-state index is 0.260. The van der Waals surface area contributed by atoms with Crippen molar-refractivity contribution in [1.82, 2.24) is 9.55 Å². The Hall–Kier alpha value is -3.13. The summed E-state index contributed by atoms with van der Waals surface area (Å²) in [5.41, 5.74) is 20.6. The van der Waals surface area contributed by atoms with Crippen LogP contribution in [0.1, 0.15) is 28.4 Å². The number of fused-ring (bicyclic) bond motifs is 3. The van der Waals surface area contributed by atoms with E-state index in [1.807, 2.05) is 0 Å². The van der Waals surface area contributed by atoms with Crippen molar-refractivity contribution in [1.29, 1.82) is 0 Å². The fraction of sp³-hybridized carbons (Fsp3) is 0.107. The summed E-state index contributed by atoms with van der Waals surface area (Å²) in [4.78, 5) is 5.05. The third-order valence-corrected chi connectivity index (χ3v) is 9.88. The lowest BCUT2D eigenvalue weighted by Gasteiger charge is -2.45. The second-order valence-electron chi connectivity index (χ2n) is 11.5. The summed E-state index contributed by atoms with van der Waals surface area (Å²) in [6, 6.07) is 19.8. The van der Waals surface area contributed by atoms with Gasteiger partial charge in [0.05, 0.1) is 16.7 Å². The van der Waals surface area contributed by atoms with E-state index >= 15 is 0 Å². The zero-order chi connectivity index (χ0) is 27.0. The third kappa shape index (κ3) is 3.35. The van der Waals surface area contributed by atoms with Crippen LogP contribution in [0, 0.1) is 12.8 Å². The van der Waals surface area contributed by atoms with Crippen LogP contribution in [0.5, 0.6) is 0 Å². The number of rotatable bonds is 2. The zero-order valence-electron chi connectivity index (χ0n) is 24.2. The first-order valence-electron chi connectivity index (χ1n) is 13.8. The summed E-state index contributed by atoms with van der Waals surface area (Å²) in [7, 11) is 18.6. The highest BCUT2D eigenvalue weighted by Gasteiger charge is 2.43. The number of para-hydroxylation sites is 2. The van der Waals surface area contributed by atoms with Crippen molar-refractivity contribution in [2.75, 3.05) is 0 Å². The van der Waals surface area contributed by atoms with E-state index in [1.165, 1.54) is 77.2 Å². The Balaban J connectivity index is 1.88. The smallest absolute Gasteiger partial charge is 0.139 e. The van der Waals surface area contributed by atoms with Crippen LogP contribution >= 0.6 is 0 Å². The summed E-state index contributed by atoms with van der Waals surface area (Å²) in [6.45, 7) is 2.16. The minimum Gasteiger partial charge on any atom is -0.296 e. The molecule has 0 fully saturated rings. The fourth-order valence-corrected chi connectivity index (χ4v) is 7.22. The Morgan fingerprint density at radius 3 is 2.00 bits per heavy atom. The molecule has 0 saturated carbocycles. The van der Waals surface area contributed by atoms with Gasteiger partial charge in [-0.25, -0.2) is 4.98 Å². The van der Waals surface area contributed by atoms with Gasteiger partial charge in [-0.2, -0.15) is 0 Å². The van der Waals surface area contributed by atoms with Crippen molar-refractivity contribution in [3.63, 3.8) is 0 Å². The Labute approximate surface area is 233 Å². The SMILES string of the molecule is BC1=C(B)C2=C(n3c(C)nc4ccccc43)c3c(B)c(B)c(B)c(B)c3C(c3ccccc3)C2C(B)=C1B. The van der Waals surface area contributed by atoms with Crippen molar-refractivity contribution in [2.24, 2.45) is 5.92 Å². The predicted molar refractivity (Wildman–Crippen MR) is 186 cm³/mol. The number of nitrogens with zero attached hydrogens (tertiary/aromatic N) is 2.